The number of rotatable bonds is 7. The molecule has 0 spiro atoms. The number of carbonyl (C=O) groups excluding carboxylic acids is 1. The Labute approximate surface area is 179 Å². The van der Waals surface area contributed by atoms with Gasteiger partial charge in [0.25, 0.3) is 5.91 Å². The molecular formula is C23H22N6O2. The summed E-state index contributed by atoms with van der Waals surface area (Å²) in [6.07, 6.45) is 3.86. The Morgan fingerprint density at radius 3 is 2.68 bits per heavy atom. The minimum Gasteiger partial charge on any atom is -0.475 e. The molecular weight excluding hydrogens is 392 g/mol. The largest absolute Gasteiger partial charge is 0.475 e. The predicted octanol–water partition coefficient (Wildman–Crippen LogP) is 3.89. The first-order valence-electron chi connectivity index (χ1n) is 9.93. The summed E-state index contributed by atoms with van der Waals surface area (Å²) in [7, 11) is 0. The number of hydrogen-bond donors (Lipinski definition) is 2. The van der Waals surface area contributed by atoms with E-state index in [1.165, 1.54) is 0 Å². The number of hydrogen-bond acceptors (Lipinski definition) is 6. The van der Waals surface area contributed by atoms with Gasteiger partial charge in [-0.2, -0.15) is 0 Å². The van der Waals surface area contributed by atoms with E-state index in [1.54, 1.807) is 18.5 Å². The number of aromatic nitrogens is 5. The quantitative estimate of drug-likeness (QED) is 0.475. The Hall–Kier alpha value is -4.07. The number of amides is 1. The number of aromatic amines is 1. The van der Waals surface area contributed by atoms with Crippen LogP contribution in [0.4, 0.5) is 5.82 Å². The molecule has 8 nitrogen and oxygen atoms in total. The fraction of sp³-hybridized carbons (Fsp3) is 0.174. The fourth-order valence-corrected chi connectivity index (χ4v) is 3.04. The molecule has 4 rings (SSSR count). The molecule has 156 valence electrons. The van der Waals surface area contributed by atoms with Gasteiger partial charge in [-0.3, -0.25) is 4.79 Å². The highest BCUT2D eigenvalue weighted by Gasteiger charge is 2.15. The van der Waals surface area contributed by atoms with Gasteiger partial charge in [-0.25, -0.2) is 9.97 Å². The Kier molecular flexibility index (Phi) is 5.98. The van der Waals surface area contributed by atoms with Crippen molar-refractivity contribution in [3.05, 3.63) is 84.2 Å². The maximum atomic E-state index is 12.6. The molecule has 0 bridgehead atoms. The Bertz CT molecular complexity index is 1170. The third-order valence-corrected chi connectivity index (χ3v) is 4.39. The number of carbonyl (C=O) groups is 1. The van der Waals surface area contributed by atoms with Crippen molar-refractivity contribution in [1.29, 1.82) is 0 Å². The number of anilines is 1. The van der Waals surface area contributed by atoms with Crippen molar-refractivity contribution in [2.75, 3.05) is 5.32 Å². The lowest BCUT2D eigenvalue weighted by molar-refractivity contribution is 0.101. The number of H-pyrrole nitrogens is 1. The van der Waals surface area contributed by atoms with Gasteiger partial charge in [-0.05, 0) is 49.2 Å². The van der Waals surface area contributed by atoms with Gasteiger partial charge in [0.2, 0.25) is 11.7 Å². The zero-order valence-electron chi connectivity index (χ0n) is 17.2. The van der Waals surface area contributed by atoms with Crippen LogP contribution in [0.3, 0.4) is 0 Å². The van der Waals surface area contributed by atoms with E-state index in [0.717, 1.165) is 16.7 Å². The number of pyridine rings is 2. The highest BCUT2D eigenvalue weighted by molar-refractivity contribution is 6.01. The first kappa shape index (κ1) is 20.2. The Morgan fingerprint density at radius 2 is 1.87 bits per heavy atom. The molecule has 0 saturated heterocycles. The van der Waals surface area contributed by atoms with Crippen molar-refractivity contribution >= 4 is 11.7 Å². The van der Waals surface area contributed by atoms with Crippen molar-refractivity contribution in [3.63, 3.8) is 0 Å². The van der Waals surface area contributed by atoms with Crippen LogP contribution in [0.5, 0.6) is 5.88 Å². The Morgan fingerprint density at radius 1 is 1.03 bits per heavy atom. The molecule has 0 radical (unpaired) electrons. The lowest BCUT2D eigenvalue weighted by Crippen LogP contribution is -2.15. The maximum Gasteiger partial charge on any atom is 0.294 e. The maximum absolute atomic E-state index is 12.6. The van der Waals surface area contributed by atoms with Crippen LogP contribution in [0.1, 0.15) is 35.9 Å². The van der Waals surface area contributed by atoms with Crippen molar-refractivity contribution in [3.8, 4) is 17.0 Å². The minimum atomic E-state index is -0.415. The molecule has 0 saturated carbocycles. The van der Waals surface area contributed by atoms with Gasteiger partial charge < -0.3 is 15.0 Å². The molecule has 0 atom stereocenters. The summed E-state index contributed by atoms with van der Waals surface area (Å²) >= 11 is 0. The van der Waals surface area contributed by atoms with Crippen LogP contribution in [-0.4, -0.2) is 37.2 Å². The molecule has 0 aliphatic rings. The molecule has 0 unspecified atom stereocenters. The summed E-state index contributed by atoms with van der Waals surface area (Å²) in [5.41, 5.74) is 2.73. The predicted molar refractivity (Wildman–Crippen MR) is 117 cm³/mol. The van der Waals surface area contributed by atoms with Crippen molar-refractivity contribution in [2.45, 2.75) is 26.4 Å². The van der Waals surface area contributed by atoms with Crippen LogP contribution < -0.4 is 10.1 Å². The summed E-state index contributed by atoms with van der Waals surface area (Å²) < 4.78 is 5.80. The van der Waals surface area contributed by atoms with E-state index in [1.807, 2.05) is 62.4 Å². The standard InChI is InChI=1S/C23H22N6O2/c1-15(2)31-23-18(9-6-11-25-23)17-10-12-24-19(14-17)27-22(30)21-26-20(28-29-21)13-16-7-4-3-5-8-16/h3-12,14-15H,13H2,1-2H3,(H,24,27,30)(H,26,28,29). The van der Waals surface area contributed by atoms with Crippen LogP contribution >= 0.6 is 0 Å². The molecule has 4 aromatic rings. The average Bonchev–Trinajstić information content (AvgIpc) is 3.23. The van der Waals surface area contributed by atoms with Gasteiger partial charge in [-0.15, -0.1) is 10.2 Å². The molecule has 0 fully saturated rings. The smallest absolute Gasteiger partial charge is 0.294 e. The van der Waals surface area contributed by atoms with Crippen molar-refractivity contribution in [1.82, 2.24) is 25.1 Å². The average molecular weight is 414 g/mol. The van der Waals surface area contributed by atoms with E-state index in [4.69, 9.17) is 4.74 Å². The summed E-state index contributed by atoms with van der Waals surface area (Å²) in [5, 5.41) is 10.8. The SMILES string of the molecule is CC(C)Oc1ncccc1-c1ccnc(NC(=O)c2nnc(Cc3ccccc3)[nH]2)c1. The summed E-state index contributed by atoms with van der Waals surface area (Å²) in [6.45, 7) is 3.89. The second-order valence-corrected chi connectivity index (χ2v) is 7.19. The molecule has 2 N–H and O–H groups in total. The molecule has 3 heterocycles. The molecule has 8 heteroatoms. The third kappa shape index (κ3) is 5.11. The van der Waals surface area contributed by atoms with E-state index in [2.05, 4.69) is 30.5 Å². The fourth-order valence-electron chi connectivity index (χ4n) is 3.04. The highest BCUT2D eigenvalue weighted by atomic mass is 16.5. The minimum absolute atomic E-state index is 0.00815. The number of nitrogens with zero attached hydrogens (tertiary/aromatic N) is 4. The van der Waals surface area contributed by atoms with Gasteiger partial charge in [0.05, 0.1) is 6.10 Å². The van der Waals surface area contributed by atoms with E-state index >= 15 is 0 Å². The van der Waals surface area contributed by atoms with Crippen LogP contribution in [0, 0.1) is 0 Å². The first-order chi connectivity index (χ1) is 15.1. The van der Waals surface area contributed by atoms with Crippen LogP contribution in [0.15, 0.2) is 67.0 Å². The summed E-state index contributed by atoms with van der Waals surface area (Å²) in [4.78, 5) is 24.1. The molecule has 1 amide bonds. The van der Waals surface area contributed by atoms with Crippen LogP contribution in [0.2, 0.25) is 0 Å². The van der Waals surface area contributed by atoms with E-state index < -0.39 is 5.91 Å². The monoisotopic (exact) mass is 414 g/mol. The second-order valence-electron chi connectivity index (χ2n) is 7.19. The van der Waals surface area contributed by atoms with E-state index in [9.17, 15) is 4.79 Å². The zero-order chi connectivity index (χ0) is 21.6. The van der Waals surface area contributed by atoms with E-state index in [-0.39, 0.29) is 11.9 Å². The normalized spacial score (nSPS) is 10.8. The molecule has 1 aromatic carbocycles. The zero-order valence-corrected chi connectivity index (χ0v) is 17.2. The molecule has 31 heavy (non-hydrogen) atoms. The number of benzene rings is 1. The lowest BCUT2D eigenvalue weighted by Gasteiger charge is -2.13. The third-order valence-electron chi connectivity index (χ3n) is 4.39. The van der Waals surface area contributed by atoms with Gasteiger partial charge >= 0.3 is 0 Å². The van der Waals surface area contributed by atoms with Gasteiger partial charge in [-0.1, -0.05) is 30.3 Å². The summed E-state index contributed by atoms with van der Waals surface area (Å²) in [5.74, 6) is 1.25. The van der Waals surface area contributed by atoms with Crippen LogP contribution in [-0.2, 0) is 6.42 Å². The van der Waals surface area contributed by atoms with Crippen LogP contribution in [0.25, 0.3) is 11.1 Å². The number of ether oxygens (including phenoxy) is 1. The molecule has 0 aliphatic heterocycles. The highest BCUT2D eigenvalue weighted by Crippen LogP contribution is 2.29. The number of nitrogens with one attached hydrogen (secondary N) is 2. The molecule has 3 aromatic heterocycles. The summed E-state index contributed by atoms with van der Waals surface area (Å²) in [6, 6.07) is 17.2. The first-order valence-corrected chi connectivity index (χ1v) is 9.93. The molecule has 0 aliphatic carbocycles. The topological polar surface area (TPSA) is 106 Å². The van der Waals surface area contributed by atoms with Gasteiger partial charge in [0.15, 0.2) is 0 Å². The van der Waals surface area contributed by atoms with Gasteiger partial charge in [0.1, 0.15) is 11.6 Å². The van der Waals surface area contributed by atoms with Crippen molar-refractivity contribution in [2.24, 2.45) is 0 Å². The van der Waals surface area contributed by atoms with E-state index in [0.29, 0.717) is 23.9 Å². The van der Waals surface area contributed by atoms with Crippen molar-refractivity contribution < 1.29 is 9.53 Å². The Balaban J connectivity index is 1.49. The lowest BCUT2D eigenvalue weighted by atomic mass is 10.1. The second kappa shape index (κ2) is 9.17. The van der Waals surface area contributed by atoms with Gasteiger partial charge in [0, 0.05) is 24.4 Å².